The number of hydrogen-bond acceptors (Lipinski definition) is 7. The number of benzene rings is 2. The van der Waals surface area contributed by atoms with Gasteiger partial charge in [-0.05, 0) is 37.4 Å². The molecule has 0 unspecified atom stereocenters. The molecule has 0 fully saturated rings. The number of esters is 1. The molecule has 2 heterocycles. The van der Waals surface area contributed by atoms with Crippen molar-refractivity contribution in [2.75, 3.05) is 19.7 Å². The van der Waals surface area contributed by atoms with Crippen LogP contribution in [0.2, 0.25) is 0 Å². The molecule has 4 rings (SSSR count). The van der Waals surface area contributed by atoms with E-state index in [4.69, 9.17) is 14.2 Å². The molecule has 0 bridgehead atoms. The minimum atomic E-state index is -0.400. The second kappa shape index (κ2) is 8.30. The van der Waals surface area contributed by atoms with Gasteiger partial charge in [0, 0.05) is 22.6 Å². The molecule has 150 valence electrons. The largest absolute Gasteiger partial charge is 0.465 e. The number of carbonyl (C=O) groups is 2. The van der Waals surface area contributed by atoms with Gasteiger partial charge >= 0.3 is 5.97 Å². The van der Waals surface area contributed by atoms with Crippen LogP contribution in [0.15, 0.2) is 46.3 Å². The standard InChI is InChI=1S/C20H18N2O5S2/c1-3-25-18(23)10-22-14-8-15-16(27-11-26-15)9-17(14)29-20(22)21-19(24)12-4-6-13(28-2)7-5-12/h4-9H,3,10-11H2,1-2H3. The SMILES string of the molecule is CCOC(=O)Cn1c(=NC(=O)c2ccc(SC)cc2)sc2cc3c(cc21)OCO3. The van der Waals surface area contributed by atoms with E-state index in [-0.39, 0.29) is 25.9 Å². The number of thioether (sulfide) groups is 1. The van der Waals surface area contributed by atoms with Gasteiger partial charge in [0.15, 0.2) is 16.3 Å². The molecule has 0 N–H and O–H groups in total. The number of nitrogens with zero attached hydrogens (tertiary/aromatic N) is 2. The molecule has 1 amide bonds. The van der Waals surface area contributed by atoms with Crippen molar-refractivity contribution >= 4 is 45.2 Å². The van der Waals surface area contributed by atoms with Gasteiger partial charge in [0.2, 0.25) is 6.79 Å². The Morgan fingerprint density at radius 3 is 2.62 bits per heavy atom. The van der Waals surface area contributed by atoms with Crippen LogP contribution < -0.4 is 14.3 Å². The molecule has 29 heavy (non-hydrogen) atoms. The van der Waals surface area contributed by atoms with E-state index in [1.165, 1.54) is 11.3 Å². The summed E-state index contributed by atoms with van der Waals surface area (Å²) in [4.78, 5) is 30.6. The Kier molecular flexibility index (Phi) is 5.59. The molecule has 1 aliphatic heterocycles. The average Bonchev–Trinajstić information content (AvgIpc) is 3.30. The van der Waals surface area contributed by atoms with Crippen molar-refractivity contribution in [2.45, 2.75) is 18.4 Å². The van der Waals surface area contributed by atoms with Crippen molar-refractivity contribution in [3.63, 3.8) is 0 Å². The summed E-state index contributed by atoms with van der Waals surface area (Å²) in [5, 5.41) is 0. The smallest absolute Gasteiger partial charge is 0.326 e. The zero-order chi connectivity index (χ0) is 20.4. The predicted molar refractivity (Wildman–Crippen MR) is 111 cm³/mol. The number of thiazole rings is 1. The van der Waals surface area contributed by atoms with Gasteiger partial charge in [0.25, 0.3) is 5.91 Å². The van der Waals surface area contributed by atoms with Crippen molar-refractivity contribution < 1.29 is 23.8 Å². The minimum Gasteiger partial charge on any atom is -0.465 e. The highest BCUT2D eigenvalue weighted by Gasteiger charge is 2.19. The molecule has 1 aromatic heterocycles. The Balaban J connectivity index is 1.79. The minimum absolute atomic E-state index is 0.0506. The van der Waals surface area contributed by atoms with Crippen LogP contribution in [-0.4, -0.2) is 36.1 Å². The summed E-state index contributed by atoms with van der Waals surface area (Å²) in [5.41, 5.74) is 1.22. The van der Waals surface area contributed by atoms with Gasteiger partial charge in [-0.15, -0.1) is 11.8 Å². The Labute approximate surface area is 174 Å². The van der Waals surface area contributed by atoms with Crippen LogP contribution in [0.3, 0.4) is 0 Å². The first kappa shape index (κ1) is 19.5. The molecular formula is C20H18N2O5S2. The maximum absolute atomic E-state index is 12.7. The van der Waals surface area contributed by atoms with Gasteiger partial charge in [-0.3, -0.25) is 9.59 Å². The average molecular weight is 431 g/mol. The topological polar surface area (TPSA) is 79.1 Å². The third kappa shape index (κ3) is 4.01. The molecule has 1 aliphatic rings. The monoisotopic (exact) mass is 430 g/mol. The summed E-state index contributed by atoms with van der Waals surface area (Å²) in [6, 6.07) is 10.9. The summed E-state index contributed by atoms with van der Waals surface area (Å²) in [5.74, 6) is 0.455. The zero-order valence-corrected chi connectivity index (χ0v) is 17.5. The van der Waals surface area contributed by atoms with Crippen LogP contribution in [0.5, 0.6) is 11.5 Å². The van der Waals surface area contributed by atoms with Crippen LogP contribution in [0.4, 0.5) is 0 Å². The third-order valence-electron chi connectivity index (χ3n) is 4.30. The van der Waals surface area contributed by atoms with E-state index in [9.17, 15) is 9.59 Å². The van der Waals surface area contributed by atoms with Crippen LogP contribution in [-0.2, 0) is 16.1 Å². The van der Waals surface area contributed by atoms with Crippen LogP contribution in [0.25, 0.3) is 10.2 Å². The normalized spacial score (nSPS) is 13.1. The molecular weight excluding hydrogens is 412 g/mol. The number of carbonyl (C=O) groups excluding carboxylic acids is 2. The van der Waals surface area contributed by atoms with Gasteiger partial charge in [0.1, 0.15) is 6.54 Å². The zero-order valence-electron chi connectivity index (χ0n) is 15.8. The molecule has 0 atom stereocenters. The van der Waals surface area contributed by atoms with Crippen LogP contribution >= 0.6 is 23.1 Å². The number of amides is 1. The highest BCUT2D eigenvalue weighted by atomic mass is 32.2. The van der Waals surface area contributed by atoms with Crippen LogP contribution in [0.1, 0.15) is 17.3 Å². The van der Waals surface area contributed by atoms with Gasteiger partial charge in [-0.1, -0.05) is 11.3 Å². The Hall–Kier alpha value is -2.78. The number of hydrogen-bond donors (Lipinski definition) is 0. The first-order valence-electron chi connectivity index (χ1n) is 8.90. The molecule has 9 heteroatoms. The first-order chi connectivity index (χ1) is 14.1. The lowest BCUT2D eigenvalue weighted by atomic mass is 10.2. The van der Waals surface area contributed by atoms with E-state index >= 15 is 0 Å². The van der Waals surface area contributed by atoms with E-state index in [1.807, 2.05) is 24.5 Å². The molecule has 0 aliphatic carbocycles. The van der Waals surface area contributed by atoms with Gasteiger partial charge in [-0.25, -0.2) is 0 Å². The maximum atomic E-state index is 12.7. The number of rotatable bonds is 5. The van der Waals surface area contributed by atoms with Crippen molar-refractivity contribution in [2.24, 2.45) is 4.99 Å². The van der Waals surface area contributed by atoms with Crippen molar-refractivity contribution in [1.29, 1.82) is 0 Å². The highest BCUT2D eigenvalue weighted by molar-refractivity contribution is 7.98. The van der Waals surface area contributed by atoms with Gasteiger partial charge < -0.3 is 18.8 Å². The highest BCUT2D eigenvalue weighted by Crippen LogP contribution is 2.37. The maximum Gasteiger partial charge on any atom is 0.326 e. The van der Waals surface area contributed by atoms with E-state index in [2.05, 4.69) is 4.99 Å². The lowest BCUT2D eigenvalue weighted by molar-refractivity contribution is -0.143. The molecule has 2 aromatic carbocycles. The first-order valence-corrected chi connectivity index (χ1v) is 10.9. The van der Waals surface area contributed by atoms with E-state index < -0.39 is 5.97 Å². The molecule has 7 nitrogen and oxygen atoms in total. The fourth-order valence-electron chi connectivity index (χ4n) is 2.92. The quantitative estimate of drug-likeness (QED) is 0.456. The summed E-state index contributed by atoms with van der Waals surface area (Å²) < 4.78 is 18.5. The molecule has 0 spiro atoms. The van der Waals surface area contributed by atoms with Gasteiger partial charge in [-0.2, -0.15) is 4.99 Å². The fraction of sp³-hybridized carbons (Fsp3) is 0.250. The van der Waals surface area contributed by atoms with Crippen LogP contribution in [0, 0.1) is 0 Å². The number of aromatic nitrogens is 1. The van der Waals surface area contributed by atoms with E-state index in [1.54, 1.807) is 41.5 Å². The van der Waals surface area contributed by atoms with Crippen molar-refractivity contribution in [1.82, 2.24) is 4.57 Å². The molecule has 0 saturated heterocycles. The second-order valence-electron chi connectivity index (χ2n) is 6.09. The van der Waals surface area contributed by atoms with Crippen molar-refractivity contribution in [3.05, 3.63) is 46.8 Å². The Morgan fingerprint density at radius 1 is 1.21 bits per heavy atom. The predicted octanol–water partition coefficient (Wildman–Crippen LogP) is 3.46. The Morgan fingerprint density at radius 2 is 1.93 bits per heavy atom. The summed E-state index contributed by atoms with van der Waals surface area (Å²) in [6.07, 6.45) is 1.97. The summed E-state index contributed by atoms with van der Waals surface area (Å²) in [6.45, 7) is 2.14. The Bertz CT molecular complexity index is 1150. The third-order valence-corrected chi connectivity index (χ3v) is 6.09. The number of ether oxygens (including phenoxy) is 3. The van der Waals surface area contributed by atoms with E-state index in [0.29, 0.717) is 21.9 Å². The molecule has 3 aromatic rings. The summed E-state index contributed by atoms with van der Waals surface area (Å²) >= 11 is 2.91. The van der Waals surface area contributed by atoms with Crippen molar-refractivity contribution in [3.8, 4) is 11.5 Å². The fourth-order valence-corrected chi connectivity index (χ4v) is 4.36. The lowest BCUT2D eigenvalue weighted by Gasteiger charge is -2.05. The second-order valence-corrected chi connectivity index (χ2v) is 7.98. The van der Waals surface area contributed by atoms with Gasteiger partial charge in [0.05, 0.1) is 16.8 Å². The molecule has 0 radical (unpaired) electrons. The number of fused-ring (bicyclic) bond motifs is 2. The lowest BCUT2D eigenvalue weighted by Crippen LogP contribution is -2.23. The summed E-state index contributed by atoms with van der Waals surface area (Å²) in [7, 11) is 0. The molecule has 0 saturated carbocycles. The van der Waals surface area contributed by atoms with E-state index in [0.717, 1.165) is 15.1 Å².